The third kappa shape index (κ3) is 18.9. The van der Waals surface area contributed by atoms with Crippen molar-refractivity contribution in [2.45, 2.75) is 39.5 Å². The van der Waals surface area contributed by atoms with Gasteiger partial charge in [0.05, 0.1) is 19.8 Å². The van der Waals surface area contributed by atoms with E-state index in [1.165, 1.54) is 6.42 Å². The molecule has 8 nitrogen and oxygen atoms in total. The largest absolute Gasteiger partial charge is 0.478 e. The van der Waals surface area contributed by atoms with E-state index >= 15 is 0 Å². The first-order chi connectivity index (χ1) is 12.4. The number of nitrogens with zero attached hydrogens (tertiary/aromatic N) is 1. The highest BCUT2D eigenvalue weighted by atomic mass is 16.4. The summed E-state index contributed by atoms with van der Waals surface area (Å²) in [6, 6.07) is 0. The van der Waals surface area contributed by atoms with Crippen molar-refractivity contribution in [3.8, 4) is 0 Å². The van der Waals surface area contributed by atoms with Gasteiger partial charge in [0.15, 0.2) is 0 Å². The summed E-state index contributed by atoms with van der Waals surface area (Å²) in [6.45, 7) is 6.61. The molecule has 0 bridgehead atoms. The average molecular weight is 376 g/mol. The van der Waals surface area contributed by atoms with Crippen LogP contribution in [0, 0.1) is 5.92 Å². The van der Waals surface area contributed by atoms with Crippen LogP contribution < -0.4 is 5.32 Å². The first-order valence-corrected chi connectivity index (χ1v) is 9.18. The molecule has 0 rings (SSSR count). The summed E-state index contributed by atoms with van der Waals surface area (Å²) < 4.78 is 0. The van der Waals surface area contributed by atoms with Gasteiger partial charge in [0.25, 0.3) is 0 Å². The number of carbonyl (C=O) groups is 2. The van der Waals surface area contributed by atoms with Crippen LogP contribution in [0.1, 0.15) is 39.5 Å². The molecular formula is C18H36N2O6. The van der Waals surface area contributed by atoms with Gasteiger partial charge in [0.1, 0.15) is 0 Å². The van der Waals surface area contributed by atoms with Crippen LogP contribution in [-0.4, -0.2) is 83.2 Å². The van der Waals surface area contributed by atoms with E-state index < -0.39 is 5.97 Å². The van der Waals surface area contributed by atoms with E-state index in [2.05, 4.69) is 19.2 Å². The Bertz CT molecular complexity index is 362. The lowest BCUT2D eigenvalue weighted by molar-refractivity contribution is -0.131. The van der Waals surface area contributed by atoms with Gasteiger partial charge in [0.2, 0.25) is 5.91 Å². The minimum atomic E-state index is -1.10. The molecule has 0 aromatic carbocycles. The number of hydrogen-bond donors (Lipinski definition) is 5. The second-order valence-electron chi connectivity index (χ2n) is 5.85. The average Bonchev–Trinajstić information content (AvgIpc) is 2.61. The zero-order chi connectivity index (χ0) is 20.2. The molecule has 1 unspecified atom stereocenters. The van der Waals surface area contributed by atoms with Crippen molar-refractivity contribution in [1.82, 2.24) is 10.2 Å². The summed E-state index contributed by atoms with van der Waals surface area (Å²) in [5.74, 6) is -0.951. The SMILES string of the molecule is CCCCC(CC)CNC(=O)/C=C/C(=O)O.OCCN(CCO)CCO. The fourth-order valence-corrected chi connectivity index (χ4v) is 2.15. The number of unbranched alkanes of at least 4 members (excludes halogenated alkanes) is 1. The van der Waals surface area contributed by atoms with E-state index in [4.69, 9.17) is 20.4 Å². The number of carboxylic acids is 1. The first kappa shape index (κ1) is 26.7. The summed E-state index contributed by atoms with van der Waals surface area (Å²) in [4.78, 5) is 23.1. The Morgan fingerprint density at radius 2 is 1.54 bits per heavy atom. The number of amides is 1. The van der Waals surface area contributed by atoms with Crippen LogP contribution in [0.4, 0.5) is 0 Å². The topological polar surface area (TPSA) is 130 Å². The van der Waals surface area contributed by atoms with E-state index in [1.54, 1.807) is 4.90 Å². The lowest BCUT2D eigenvalue weighted by atomic mass is 9.99. The smallest absolute Gasteiger partial charge is 0.328 e. The summed E-state index contributed by atoms with van der Waals surface area (Å²) >= 11 is 0. The highest BCUT2D eigenvalue weighted by molar-refractivity contribution is 5.93. The minimum Gasteiger partial charge on any atom is -0.478 e. The van der Waals surface area contributed by atoms with E-state index in [0.29, 0.717) is 32.1 Å². The molecule has 0 aliphatic carbocycles. The molecule has 26 heavy (non-hydrogen) atoms. The molecule has 1 amide bonds. The summed E-state index contributed by atoms with van der Waals surface area (Å²) in [5, 5.41) is 36.5. The molecule has 0 saturated heterocycles. The number of rotatable bonds is 14. The third-order valence-electron chi connectivity index (χ3n) is 3.73. The van der Waals surface area contributed by atoms with Crippen molar-refractivity contribution >= 4 is 11.9 Å². The Morgan fingerprint density at radius 3 is 1.92 bits per heavy atom. The van der Waals surface area contributed by atoms with Gasteiger partial charge in [-0.25, -0.2) is 4.79 Å². The number of aliphatic hydroxyl groups excluding tert-OH is 3. The molecule has 0 fully saturated rings. The van der Waals surface area contributed by atoms with Crippen molar-refractivity contribution in [3.63, 3.8) is 0 Å². The molecule has 0 aliphatic rings. The predicted octanol–water partition coefficient (Wildman–Crippen LogP) is 0.225. The maximum Gasteiger partial charge on any atom is 0.328 e. The van der Waals surface area contributed by atoms with Crippen LogP contribution in [0.15, 0.2) is 12.2 Å². The number of carboxylic acid groups (broad SMARTS) is 1. The molecule has 0 saturated carbocycles. The molecule has 0 aliphatic heterocycles. The number of hydrogen-bond acceptors (Lipinski definition) is 6. The zero-order valence-electron chi connectivity index (χ0n) is 16.1. The Morgan fingerprint density at radius 1 is 1.00 bits per heavy atom. The van der Waals surface area contributed by atoms with Gasteiger partial charge in [-0.1, -0.05) is 33.1 Å². The summed E-state index contributed by atoms with van der Waals surface area (Å²) in [6.07, 6.45) is 6.36. The first-order valence-electron chi connectivity index (χ1n) is 9.18. The molecule has 5 N–H and O–H groups in total. The molecule has 154 valence electrons. The van der Waals surface area contributed by atoms with Crippen molar-refractivity contribution in [3.05, 3.63) is 12.2 Å². The van der Waals surface area contributed by atoms with Crippen LogP contribution in [0.2, 0.25) is 0 Å². The number of aliphatic carboxylic acids is 1. The quantitative estimate of drug-likeness (QED) is 0.274. The van der Waals surface area contributed by atoms with Crippen LogP contribution in [0.3, 0.4) is 0 Å². The van der Waals surface area contributed by atoms with Gasteiger partial charge in [-0.15, -0.1) is 0 Å². The van der Waals surface area contributed by atoms with Crippen molar-refractivity contribution < 1.29 is 30.0 Å². The normalized spacial score (nSPS) is 11.9. The molecular weight excluding hydrogens is 340 g/mol. The molecule has 0 radical (unpaired) electrons. The lowest BCUT2D eigenvalue weighted by Gasteiger charge is -2.17. The Kier molecular flexibility index (Phi) is 20.4. The van der Waals surface area contributed by atoms with Crippen molar-refractivity contribution in [2.75, 3.05) is 46.0 Å². The summed E-state index contributed by atoms with van der Waals surface area (Å²) in [5.41, 5.74) is 0. The number of carbonyl (C=O) groups excluding carboxylic acids is 1. The monoisotopic (exact) mass is 376 g/mol. The van der Waals surface area contributed by atoms with E-state index in [-0.39, 0.29) is 25.7 Å². The predicted molar refractivity (Wildman–Crippen MR) is 101 cm³/mol. The molecule has 8 heteroatoms. The van der Waals surface area contributed by atoms with E-state index in [1.807, 2.05) is 0 Å². The van der Waals surface area contributed by atoms with Gasteiger partial charge in [0, 0.05) is 38.3 Å². The molecule has 0 heterocycles. The van der Waals surface area contributed by atoms with Crippen LogP contribution >= 0.6 is 0 Å². The maximum absolute atomic E-state index is 11.2. The molecule has 1 atom stereocenters. The van der Waals surface area contributed by atoms with Crippen LogP contribution in [-0.2, 0) is 9.59 Å². The highest BCUT2D eigenvalue weighted by Crippen LogP contribution is 2.10. The number of aliphatic hydroxyl groups is 3. The lowest BCUT2D eigenvalue weighted by Crippen LogP contribution is -2.32. The van der Waals surface area contributed by atoms with Gasteiger partial charge in [-0.2, -0.15) is 0 Å². The van der Waals surface area contributed by atoms with Crippen LogP contribution in [0.25, 0.3) is 0 Å². The standard InChI is InChI=1S/C12H21NO3.C6H15NO3/c1-3-5-6-10(4-2)9-13-11(14)7-8-12(15)16;8-4-1-7(2-5-9)3-6-10/h7-8,10H,3-6,9H2,1-2H3,(H,13,14)(H,15,16);8-10H,1-6H2/b8-7+;. The molecule has 0 spiro atoms. The zero-order valence-corrected chi connectivity index (χ0v) is 16.1. The highest BCUT2D eigenvalue weighted by Gasteiger charge is 2.06. The van der Waals surface area contributed by atoms with E-state index in [0.717, 1.165) is 31.4 Å². The number of nitrogens with one attached hydrogen (secondary N) is 1. The van der Waals surface area contributed by atoms with Crippen molar-refractivity contribution in [2.24, 2.45) is 5.92 Å². The van der Waals surface area contributed by atoms with Gasteiger partial charge >= 0.3 is 5.97 Å². The fourth-order valence-electron chi connectivity index (χ4n) is 2.15. The minimum absolute atomic E-state index is 0.0694. The second-order valence-corrected chi connectivity index (χ2v) is 5.85. The molecule has 0 aromatic heterocycles. The van der Waals surface area contributed by atoms with Gasteiger partial charge in [-0.05, 0) is 12.3 Å². The second kappa shape index (κ2) is 19.8. The van der Waals surface area contributed by atoms with Crippen LogP contribution in [0.5, 0.6) is 0 Å². The third-order valence-corrected chi connectivity index (χ3v) is 3.73. The Labute approximate surface area is 156 Å². The Balaban J connectivity index is 0. The fraction of sp³-hybridized carbons (Fsp3) is 0.778. The van der Waals surface area contributed by atoms with E-state index in [9.17, 15) is 9.59 Å². The van der Waals surface area contributed by atoms with Gasteiger partial charge < -0.3 is 25.7 Å². The maximum atomic E-state index is 11.2. The summed E-state index contributed by atoms with van der Waals surface area (Å²) in [7, 11) is 0. The Hall–Kier alpha value is -1.48. The van der Waals surface area contributed by atoms with Crippen molar-refractivity contribution in [1.29, 1.82) is 0 Å². The van der Waals surface area contributed by atoms with Gasteiger partial charge in [-0.3, -0.25) is 9.69 Å². The molecule has 0 aromatic rings.